The summed E-state index contributed by atoms with van der Waals surface area (Å²) in [5.74, 6) is 0.954. The van der Waals surface area contributed by atoms with Crippen molar-refractivity contribution in [2.45, 2.75) is 25.8 Å². The van der Waals surface area contributed by atoms with Crippen LogP contribution in [0.2, 0.25) is 0 Å². The Morgan fingerprint density at radius 1 is 1.03 bits per heavy atom. The van der Waals surface area contributed by atoms with E-state index in [0.717, 1.165) is 74.5 Å². The molecule has 0 unspecified atom stereocenters. The SMILES string of the molecule is Cc1cccc2ncnc(N3CCC[C@H](n4ncc(N5CCN(C)CC5)cc4=O)C3)c12. The van der Waals surface area contributed by atoms with Crippen LogP contribution in [0.4, 0.5) is 11.5 Å². The van der Waals surface area contributed by atoms with E-state index >= 15 is 0 Å². The number of likely N-dealkylation sites (N-methyl/N-ethyl adjacent to an activating group) is 1. The van der Waals surface area contributed by atoms with Crippen molar-refractivity contribution in [2.75, 3.05) is 56.1 Å². The summed E-state index contributed by atoms with van der Waals surface area (Å²) >= 11 is 0. The maximum atomic E-state index is 13.0. The van der Waals surface area contributed by atoms with Gasteiger partial charge in [0.1, 0.15) is 12.1 Å². The maximum absolute atomic E-state index is 13.0. The molecule has 8 nitrogen and oxygen atoms in total. The van der Waals surface area contributed by atoms with Crippen LogP contribution in [0, 0.1) is 6.92 Å². The van der Waals surface area contributed by atoms with Crippen molar-refractivity contribution in [2.24, 2.45) is 0 Å². The molecule has 31 heavy (non-hydrogen) atoms. The number of nitrogens with zero attached hydrogens (tertiary/aromatic N) is 7. The summed E-state index contributed by atoms with van der Waals surface area (Å²) in [6, 6.07) is 7.94. The van der Waals surface area contributed by atoms with Crippen molar-refractivity contribution >= 4 is 22.4 Å². The normalized spacial score (nSPS) is 20.4. The molecule has 5 rings (SSSR count). The van der Waals surface area contributed by atoms with Crippen molar-refractivity contribution in [3.63, 3.8) is 0 Å². The third kappa shape index (κ3) is 3.87. The van der Waals surface area contributed by atoms with E-state index in [1.165, 1.54) is 5.56 Å². The minimum absolute atomic E-state index is 0.0213. The highest BCUT2D eigenvalue weighted by Gasteiger charge is 2.26. The Hall–Kier alpha value is -3.00. The average Bonchev–Trinajstić information content (AvgIpc) is 2.79. The van der Waals surface area contributed by atoms with Crippen molar-refractivity contribution in [3.05, 3.63) is 52.7 Å². The number of piperidine rings is 1. The lowest BCUT2D eigenvalue weighted by atomic mass is 10.0. The second-order valence-corrected chi connectivity index (χ2v) is 8.70. The minimum Gasteiger partial charge on any atom is -0.368 e. The lowest BCUT2D eigenvalue weighted by Gasteiger charge is -2.35. The van der Waals surface area contributed by atoms with Gasteiger partial charge in [0.2, 0.25) is 0 Å². The second kappa shape index (κ2) is 8.26. The summed E-state index contributed by atoms with van der Waals surface area (Å²) in [6.07, 6.45) is 5.43. The van der Waals surface area contributed by atoms with E-state index in [9.17, 15) is 4.79 Å². The Kier molecular flexibility index (Phi) is 5.31. The van der Waals surface area contributed by atoms with Gasteiger partial charge in [0.25, 0.3) is 5.56 Å². The Balaban J connectivity index is 1.40. The molecule has 0 saturated carbocycles. The lowest BCUT2D eigenvalue weighted by Crippen LogP contribution is -2.45. The molecule has 0 spiro atoms. The Morgan fingerprint density at radius 2 is 1.87 bits per heavy atom. The number of fused-ring (bicyclic) bond motifs is 1. The van der Waals surface area contributed by atoms with E-state index in [-0.39, 0.29) is 11.6 Å². The van der Waals surface area contributed by atoms with Crippen molar-refractivity contribution in [3.8, 4) is 0 Å². The van der Waals surface area contributed by atoms with Crippen LogP contribution in [0.25, 0.3) is 10.9 Å². The first kappa shape index (κ1) is 19.9. The molecule has 2 aliphatic heterocycles. The smallest absolute Gasteiger partial charge is 0.269 e. The van der Waals surface area contributed by atoms with Crippen LogP contribution in [0.15, 0.2) is 41.6 Å². The van der Waals surface area contributed by atoms with Gasteiger partial charge in [-0.05, 0) is 38.4 Å². The van der Waals surface area contributed by atoms with Gasteiger partial charge in [0.15, 0.2) is 0 Å². The summed E-state index contributed by atoms with van der Waals surface area (Å²) in [4.78, 5) is 28.9. The first-order valence-corrected chi connectivity index (χ1v) is 11.1. The molecule has 1 atom stereocenters. The number of aryl methyl sites for hydroxylation is 1. The molecular formula is C23H29N7O. The maximum Gasteiger partial charge on any atom is 0.269 e. The van der Waals surface area contributed by atoms with E-state index in [2.05, 4.69) is 49.8 Å². The van der Waals surface area contributed by atoms with Crippen LogP contribution < -0.4 is 15.4 Å². The summed E-state index contributed by atoms with van der Waals surface area (Å²) < 4.78 is 1.67. The Morgan fingerprint density at radius 3 is 2.68 bits per heavy atom. The van der Waals surface area contributed by atoms with Crippen LogP contribution in [-0.2, 0) is 0 Å². The highest BCUT2D eigenvalue weighted by atomic mass is 16.1. The van der Waals surface area contributed by atoms with Gasteiger partial charge in [-0.1, -0.05) is 12.1 Å². The predicted molar refractivity (Wildman–Crippen MR) is 123 cm³/mol. The number of benzene rings is 1. The lowest BCUT2D eigenvalue weighted by molar-refractivity contribution is 0.312. The van der Waals surface area contributed by atoms with Gasteiger partial charge in [0, 0.05) is 50.7 Å². The third-order valence-corrected chi connectivity index (χ3v) is 6.57. The van der Waals surface area contributed by atoms with Gasteiger partial charge in [-0.15, -0.1) is 0 Å². The number of anilines is 2. The van der Waals surface area contributed by atoms with E-state index in [0.29, 0.717) is 0 Å². The molecule has 1 aromatic carbocycles. The predicted octanol–water partition coefficient (Wildman–Crippen LogP) is 2.09. The molecule has 4 heterocycles. The van der Waals surface area contributed by atoms with Gasteiger partial charge in [-0.3, -0.25) is 4.79 Å². The Labute approximate surface area is 182 Å². The largest absolute Gasteiger partial charge is 0.368 e. The summed E-state index contributed by atoms with van der Waals surface area (Å²) in [5.41, 5.74) is 3.03. The van der Waals surface area contributed by atoms with E-state index in [4.69, 9.17) is 0 Å². The molecule has 2 saturated heterocycles. The fourth-order valence-electron chi connectivity index (χ4n) is 4.77. The fraction of sp³-hybridized carbons (Fsp3) is 0.478. The zero-order valence-corrected chi connectivity index (χ0v) is 18.2. The fourth-order valence-corrected chi connectivity index (χ4v) is 4.77. The molecule has 2 aliphatic rings. The molecule has 8 heteroatoms. The van der Waals surface area contributed by atoms with E-state index in [1.54, 1.807) is 17.1 Å². The van der Waals surface area contributed by atoms with Crippen LogP contribution in [-0.4, -0.2) is 71.0 Å². The van der Waals surface area contributed by atoms with Crippen LogP contribution in [0.3, 0.4) is 0 Å². The minimum atomic E-state index is -0.0213. The standard InChI is InChI=1S/C23H29N7O/c1-17-5-3-7-20-22(17)23(25-16-24-20)29-8-4-6-18(15-29)30-21(31)13-19(14-26-30)28-11-9-27(2)10-12-28/h3,5,7,13-14,16,18H,4,6,8-12,15H2,1-2H3/t18-/m0/s1. The highest BCUT2D eigenvalue weighted by Crippen LogP contribution is 2.30. The second-order valence-electron chi connectivity index (χ2n) is 8.70. The number of rotatable bonds is 3. The van der Waals surface area contributed by atoms with Gasteiger partial charge >= 0.3 is 0 Å². The monoisotopic (exact) mass is 419 g/mol. The number of hydrogen-bond donors (Lipinski definition) is 0. The number of piperazine rings is 1. The van der Waals surface area contributed by atoms with Crippen molar-refractivity contribution in [1.29, 1.82) is 0 Å². The van der Waals surface area contributed by atoms with Gasteiger partial charge in [-0.25, -0.2) is 14.6 Å². The summed E-state index contributed by atoms with van der Waals surface area (Å²) in [6.45, 7) is 7.62. The molecule has 3 aromatic rings. The van der Waals surface area contributed by atoms with Crippen LogP contribution in [0.5, 0.6) is 0 Å². The van der Waals surface area contributed by atoms with Crippen LogP contribution >= 0.6 is 0 Å². The van der Waals surface area contributed by atoms with Crippen LogP contribution in [0.1, 0.15) is 24.4 Å². The zero-order valence-electron chi connectivity index (χ0n) is 18.2. The molecule has 0 aliphatic carbocycles. The first-order valence-electron chi connectivity index (χ1n) is 11.1. The van der Waals surface area contributed by atoms with Crippen molar-refractivity contribution < 1.29 is 0 Å². The van der Waals surface area contributed by atoms with Gasteiger partial charge in [-0.2, -0.15) is 5.10 Å². The zero-order chi connectivity index (χ0) is 21.4. The Bertz CT molecular complexity index is 1130. The third-order valence-electron chi connectivity index (χ3n) is 6.57. The highest BCUT2D eigenvalue weighted by molar-refractivity contribution is 5.92. The van der Waals surface area contributed by atoms with Gasteiger partial charge < -0.3 is 14.7 Å². The van der Waals surface area contributed by atoms with Crippen molar-refractivity contribution in [1.82, 2.24) is 24.6 Å². The molecule has 162 valence electrons. The van der Waals surface area contributed by atoms with E-state index < -0.39 is 0 Å². The summed E-state index contributed by atoms with van der Waals surface area (Å²) in [5, 5.41) is 5.69. The average molecular weight is 420 g/mol. The number of aromatic nitrogens is 4. The molecule has 0 N–H and O–H groups in total. The van der Waals surface area contributed by atoms with E-state index in [1.807, 2.05) is 18.3 Å². The topological polar surface area (TPSA) is 70.4 Å². The molecular weight excluding hydrogens is 390 g/mol. The number of hydrogen-bond acceptors (Lipinski definition) is 7. The first-order chi connectivity index (χ1) is 15.1. The molecule has 0 bridgehead atoms. The molecule has 0 amide bonds. The molecule has 2 aromatic heterocycles. The quantitative estimate of drug-likeness (QED) is 0.644. The molecule has 2 fully saturated rings. The van der Waals surface area contributed by atoms with Gasteiger partial charge in [0.05, 0.1) is 23.4 Å². The molecule has 0 radical (unpaired) electrons. The summed E-state index contributed by atoms with van der Waals surface area (Å²) in [7, 11) is 2.13.